The number of allylic oxidation sites excluding steroid dienone is 1. The second-order valence-electron chi connectivity index (χ2n) is 8.07. The van der Waals surface area contributed by atoms with E-state index in [0.29, 0.717) is 13.0 Å². The number of anilines is 1. The number of fused-ring (bicyclic) bond motifs is 1. The summed E-state index contributed by atoms with van der Waals surface area (Å²) in [6.45, 7) is 3.44. The molecule has 0 spiro atoms. The van der Waals surface area contributed by atoms with Crippen LogP contribution in [0.4, 0.5) is 5.69 Å². The molecule has 1 aromatic heterocycles. The van der Waals surface area contributed by atoms with E-state index in [0.717, 1.165) is 34.7 Å². The van der Waals surface area contributed by atoms with Gasteiger partial charge in [0, 0.05) is 31.1 Å². The molecular weight excluding hydrogens is 382 g/mol. The Morgan fingerprint density at radius 3 is 2.55 bits per heavy atom. The number of benzene rings is 3. The zero-order valence-corrected chi connectivity index (χ0v) is 17.6. The summed E-state index contributed by atoms with van der Waals surface area (Å²) >= 11 is 0. The van der Waals surface area contributed by atoms with Gasteiger partial charge in [0.25, 0.3) is 0 Å². The number of nitrogens with zero attached hydrogens (tertiary/aromatic N) is 3. The predicted octanol–water partition coefficient (Wildman–Crippen LogP) is 5.58. The summed E-state index contributed by atoms with van der Waals surface area (Å²) in [5.74, 6) is 1.23. The molecule has 1 aliphatic heterocycles. The fraction of sp³-hybridized carbons (Fsp3) is 0.185. The van der Waals surface area contributed by atoms with Gasteiger partial charge in [-0.25, -0.2) is 4.98 Å². The molecule has 0 bridgehead atoms. The maximum atomic E-state index is 12.9. The molecule has 5 rings (SSSR count). The second kappa shape index (κ2) is 8.23. The van der Waals surface area contributed by atoms with Crippen LogP contribution in [0.2, 0.25) is 0 Å². The molecule has 31 heavy (non-hydrogen) atoms. The molecule has 1 saturated heterocycles. The Morgan fingerprint density at radius 1 is 0.968 bits per heavy atom. The van der Waals surface area contributed by atoms with Gasteiger partial charge >= 0.3 is 0 Å². The Morgan fingerprint density at radius 2 is 1.71 bits per heavy atom. The lowest BCUT2D eigenvalue weighted by Crippen LogP contribution is -2.25. The Labute approximate surface area is 182 Å². The minimum Gasteiger partial charge on any atom is -0.324 e. The Kier molecular flexibility index (Phi) is 5.13. The van der Waals surface area contributed by atoms with Crippen molar-refractivity contribution in [3.8, 4) is 0 Å². The Hall–Kier alpha value is -3.66. The van der Waals surface area contributed by atoms with Crippen LogP contribution in [0.3, 0.4) is 0 Å². The first-order chi connectivity index (χ1) is 15.2. The van der Waals surface area contributed by atoms with Gasteiger partial charge < -0.3 is 9.47 Å². The summed E-state index contributed by atoms with van der Waals surface area (Å²) in [5.41, 5.74) is 5.39. The van der Waals surface area contributed by atoms with E-state index in [2.05, 4.69) is 47.9 Å². The number of carbonyl (C=O) groups excluding carboxylic acids is 1. The third-order valence-electron chi connectivity index (χ3n) is 5.98. The molecular formula is C27H25N3O. The highest BCUT2D eigenvalue weighted by atomic mass is 16.2. The molecule has 4 aromatic rings. The van der Waals surface area contributed by atoms with E-state index in [4.69, 9.17) is 4.98 Å². The second-order valence-corrected chi connectivity index (χ2v) is 8.07. The van der Waals surface area contributed by atoms with Gasteiger partial charge in [-0.3, -0.25) is 4.79 Å². The van der Waals surface area contributed by atoms with E-state index in [-0.39, 0.29) is 11.8 Å². The Bertz CT molecular complexity index is 1260. The first-order valence-corrected chi connectivity index (χ1v) is 10.7. The standard InChI is InChI=1S/C27H25N3O/c1-20-10-5-7-15-24(20)30-19-22(18-26(30)31)27-28-23-14-6-8-16-25(23)29(27)17-9-13-21-11-3-2-4-12-21/h2-16,22H,17-19H2,1H3/b13-9+/t22-/m0/s1. The minimum atomic E-state index is 0.0737. The fourth-order valence-corrected chi connectivity index (χ4v) is 4.44. The maximum Gasteiger partial charge on any atom is 0.227 e. The number of aryl methyl sites for hydroxylation is 1. The molecule has 1 amide bonds. The summed E-state index contributed by atoms with van der Waals surface area (Å²) in [6, 6.07) is 26.6. The van der Waals surface area contributed by atoms with Crippen LogP contribution >= 0.6 is 0 Å². The van der Waals surface area contributed by atoms with Crippen molar-refractivity contribution < 1.29 is 4.79 Å². The molecule has 4 heteroatoms. The molecule has 0 saturated carbocycles. The predicted molar refractivity (Wildman–Crippen MR) is 126 cm³/mol. The highest BCUT2D eigenvalue weighted by Gasteiger charge is 2.35. The fourth-order valence-electron chi connectivity index (χ4n) is 4.44. The largest absolute Gasteiger partial charge is 0.324 e. The van der Waals surface area contributed by atoms with Crippen molar-refractivity contribution in [2.75, 3.05) is 11.4 Å². The molecule has 0 radical (unpaired) electrons. The van der Waals surface area contributed by atoms with Gasteiger partial charge in [0.1, 0.15) is 5.82 Å². The van der Waals surface area contributed by atoms with Gasteiger partial charge in [-0.15, -0.1) is 0 Å². The highest BCUT2D eigenvalue weighted by Crippen LogP contribution is 2.34. The summed E-state index contributed by atoms with van der Waals surface area (Å²) in [4.78, 5) is 19.8. The van der Waals surface area contributed by atoms with Crippen molar-refractivity contribution in [3.05, 3.63) is 102 Å². The lowest BCUT2D eigenvalue weighted by Gasteiger charge is -2.19. The highest BCUT2D eigenvalue weighted by molar-refractivity contribution is 5.97. The third kappa shape index (κ3) is 3.77. The first kappa shape index (κ1) is 19.3. The van der Waals surface area contributed by atoms with E-state index in [9.17, 15) is 4.79 Å². The van der Waals surface area contributed by atoms with Crippen LogP contribution in [0.1, 0.15) is 29.3 Å². The van der Waals surface area contributed by atoms with E-state index in [1.165, 1.54) is 5.56 Å². The number of carbonyl (C=O) groups is 1. The van der Waals surface area contributed by atoms with Crippen molar-refractivity contribution in [1.29, 1.82) is 0 Å². The number of para-hydroxylation sites is 3. The molecule has 4 nitrogen and oxygen atoms in total. The van der Waals surface area contributed by atoms with Crippen LogP contribution in [-0.4, -0.2) is 22.0 Å². The molecule has 1 atom stereocenters. The first-order valence-electron chi connectivity index (χ1n) is 10.7. The summed E-state index contributed by atoms with van der Waals surface area (Å²) in [5, 5.41) is 0. The molecule has 2 heterocycles. The topological polar surface area (TPSA) is 38.1 Å². The van der Waals surface area contributed by atoms with Crippen LogP contribution in [-0.2, 0) is 11.3 Å². The van der Waals surface area contributed by atoms with Crippen molar-refractivity contribution >= 4 is 28.7 Å². The number of aromatic nitrogens is 2. The van der Waals surface area contributed by atoms with Crippen LogP contribution in [0.25, 0.3) is 17.1 Å². The summed E-state index contributed by atoms with van der Waals surface area (Å²) in [7, 11) is 0. The van der Waals surface area contributed by atoms with Gasteiger partial charge in [0.2, 0.25) is 5.91 Å². The van der Waals surface area contributed by atoms with Crippen LogP contribution in [0.5, 0.6) is 0 Å². The number of amides is 1. The molecule has 154 valence electrons. The van der Waals surface area contributed by atoms with Crippen LogP contribution < -0.4 is 4.90 Å². The van der Waals surface area contributed by atoms with Gasteiger partial charge in [-0.05, 0) is 36.2 Å². The number of hydrogen-bond acceptors (Lipinski definition) is 2. The molecule has 0 N–H and O–H groups in total. The van der Waals surface area contributed by atoms with Crippen LogP contribution in [0, 0.1) is 6.92 Å². The van der Waals surface area contributed by atoms with E-state index >= 15 is 0 Å². The summed E-state index contributed by atoms with van der Waals surface area (Å²) < 4.78 is 2.26. The van der Waals surface area contributed by atoms with Gasteiger partial charge in [-0.1, -0.05) is 72.8 Å². The van der Waals surface area contributed by atoms with Gasteiger partial charge in [0.15, 0.2) is 0 Å². The van der Waals surface area contributed by atoms with E-state index < -0.39 is 0 Å². The SMILES string of the molecule is Cc1ccccc1N1C[C@@H](c2nc3ccccc3n2C/C=C/c2ccccc2)CC1=O. The number of rotatable bonds is 5. The lowest BCUT2D eigenvalue weighted by molar-refractivity contribution is -0.117. The molecule has 0 unspecified atom stereocenters. The van der Waals surface area contributed by atoms with Crippen LogP contribution in [0.15, 0.2) is 84.9 Å². The smallest absolute Gasteiger partial charge is 0.227 e. The van der Waals surface area contributed by atoms with Crippen molar-refractivity contribution in [1.82, 2.24) is 9.55 Å². The number of imidazole rings is 1. The molecule has 1 fully saturated rings. The van der Waals surface area contributed by atoms with E-state index in [1.54, 1.807) is 0 Å². The zero-order chi connectivity index (χ0) is 21.2. The van der Waals surface area contributed by atoms with Crippen molar-refractivity contribution in [3.63, 3.8) is 0 Å². The quantitative estimate of drug-likeness (QED) is 0.433. The normalized spacial score (nSPS) is 16.6. The Balaban J connectivity index is 1.47. The third-order valence-corrected chi connectivity index (χ3v) is 5.98. The van der Waals surface area contributed by atoms with Crippen molar-refractivity contribution in [2.45, 2.75) is 25.8 Å². The lowest BCUT2D eigenvalue weighted by atomic mass is 10.1. The maximum absolute atomic E-state index is 12.9. The minimum absolute atomic E-state index is 0.0737. The average molecular weight is 408 g/mol. The van der Waals surface area contributed by atoms with E-state index in [1.807, 2.05) is 59.5 Å². The van der Waals surface area contributed by atoms with Gasteiger partial charge in [0.05, 0.1) is 11.0 Å². The summed E-state index contributed by atoms with van der Waals surface area (Å²) in [6.07, 6.45) is 4.79. The monoisotopic (exact) mass is 407 g/mol. The van der Waals surface area contributed by atoms with Crippen molar-refractivity contribution in [2.24, 2.45) is 0 Å². The van der Waals surface area contributed by atoms with Gasteiger partial charge in [-0.2, -0.15) is 0 Å². The molecule has 0 aliphatic carbocycles. The number of hydrogen-bond donors (Lipinski definition) is 0. The average Bonchev–Trinajstić information content (AvgIpc) is 3.35. The molecule has 1 aliphatic rings. The zero-order valence-electron chi connectivity index (χ0n) is 17.6. The molecule has 3 aromatic carbocycles.